The number of amides is 2. The molecule has 0 aliphatic carbocycles. The molecule has 0 saturated carbocycles. The van der Waals surface area contributed by atoms with Crippen LogP contribution in [0.25, 0.3) is 0 Å². The number of halogens is 1. The Hall–Kier alpha value is -2.85. The minimum atomic E-state index is -0.856. The summed E-state index contributed by atoms with van der Waals surface area (Å²) in [4.78, 5) is 25.6. The van der Waals surface area contributed by atoms with Gasteiger partial charge in [0, 0.05) is 24.1 Å². The van der Waals surface area contributed by atoms with E-state index in [-0.39, 0.29) is 5.56 Å². The third-order valence-electron chi connectivity index (χ3n) is 3.59. The summed E-state index contributed by atoms with van der Waals surface area (Å²) in [6.45, 7) is 0. The van der Waals surface area contributed by atoms with E-state index in [1.54, 1.807) is 6.19 Å². The Labute approximate surface area is 155 Å². The molecule has 0 radical (unpaired) electrons. The first-order valence-corrected chi connectivity index (χ1v) is 9.02. The van der Waals surface area contributed by atoms with Crippen LogP contribution in [0, 0.1) is 17.3 Å². The Morgan fingerprint density at radius 2 is 1.85 bits per heavy atom. The van der Waals surface area contributed by atoms with Crippen LogP contribution in [0.2, 0.25) is 0 Å². The predicted molar refractivity (Wildman–Crippen MR) is 98.6 cm³/mol. The summed E-state index contributed by atoms with van der Waals surface area (Å²) in [6.07, 6.45) is 1.75. The molecule has 0 heterocycles. The van der Waals surface area contributed by atoms with E-state index >= 15 is 0 Å². The molecule has 0 saturated heterocycles. The van der Waals surface area contributed by atoms with Crippen LogP contribution < -0.4 is 5.32 Å². The Balaban J connectivity index is 2.03. The van der Waals surface area contributed by atoms with E-state index in [9.17, 15) is 14.0 Å². The van der Waals surface area contributed by atoms with Gasteiger partial charge in [-0.15, -0.1) is 0 Å². The van der Waals surface area contributed by atoms with Gasteiger partial charge in [0.1, 0.15) is 11.9 Å². The first-order chi connectivity index (χ1) is 12.5. The van der Waals surface area contributed by atoms with E-state index < -0.39 is 23.7 Å². The molecule has 0 aliphatic heterocycles. The lowest BCUT2D eigenvalue weighted by atomic mass is 10.2. The SMILES string of the molecule is CN(C#N)C(=O)[C@H](CSCc1ccccc1)NC(=O)c1ccc(F)cc1. The van der Waals surface area contributed by atoms with Gasteiger partial charge in [0.2, 0.25) is 0 Å². The molecule has 1 atom stereocenters. The molecule has 0 fully saturated rings. The largest absolute Gasteiger partial charge is 0.339 e. The Kier molecular flexibility index (Phi) is 7.18. The first kappa shape index (κ1) is 19.5. The zero-order valence-corrected chi connectivity index (χ0v) is 15.0. The summed E-state index contributed by atoms with van der Waals surface area (Å²) in [7, 11) is 1.35. The van der Waals surface area contributed by atoms with Gasteiger partial charge in [-0.2, -0.15) is 17.0 Å². The van der Waals surface area contributed by atoms with Crippen LogP contribution in [-0.4, -0.2) is 35.6 Å². The van der Waals surface area contributed by atoms with Gasteiger partial charge in [-0.05, 0) is 29.8 Å². The van der Waals surface area contributed by atoms with Crippen molar-refractivity contribution in [2.24, 2.45) is 0 Å². The third-order valence-corrected chi connectivity index (χ3v) is 4.69. The van der Waals surface area contributed by atoms with Gasteiger partial charge in [-0.3, -0.25) is 14.5 Å². The molecule has 2 rings (SSSR count). The van der Waals surface area contributed by atoms with E-state index in [2.05, 4.69) is 5.32 Å². The summed E-state index contributed by atoms with van der Waals surface area (Å²) >= 11 is 1.48. The van der Waals surface area contributed by atoms with Gasteiger partial charge in [0.25, 0.3) is 11.8 Å². The Morgan fingerprint density at radius 1 is 1.19 bits per heavy atom. The fourth-order valence-electron chi connectivity index (χ4n) is 2.17. The topological polar surface area (TPSA) is 73.2 Å². The quantitative estimate of drug-likeness (QED) is 0.600. The number of hydrogen-bond acceptors (Lipinski definition) is 4. The molecule has 0 unspecified atom stereocenters. The van der Waals surface area contributed by atoms with E-state index in [1.165, 1.54) is 43.1 Å². The van der Waals surface area contributed by atoms with Crippen molar-refractivity contribution in [3.8, 4) is 6.19 Å². The summed E-state index contributed by atoms with van der Waals surface area (Å²) in [5.74, 6) is -0.449. The van der Waals surface area contributed by atoms with Gasteiger partial charge >= 0.3 is 0 Å². The highest BCUT2D eigenvalue weighted by Crippen LogP contribution is 2.14. The number of carbonyl (C=O) groups is 2. The van der Waals surface area contributed by atoms with Gasteiger partial charge < -0.3 is 5.32 Å². The second kappa shape index (κ2) is 9.59. The first-order valence-electron chi connectivity index (χ1n) is 7.86. The number of benzene rings is 2. The van der Waals surface area contributed by atoms with Crippen molar-refractivity contribution in [2.75, 3.05) is 12.8 Å². The fraction of sp³-hybridized carbons (Fsp3) is 0.211. The highest BCUT2D eigenvalue weighted by Gasteiger charge is 2.24. The summed E-state index contributed by atoms with van der Waals surface area (Å²) in [5, 5.41) is 11.6. The van der Waals surface area contributed by atoms with Crippen LogP contribution >= 0.6 is 11.8 Å². The highest BCUT2D eigenvalue weighted by atomic mass is 32.2. The maximum atomic E-state index is 13.0. The molecule has 0 spiro atoms. The van der Waals surface area contributed by atoms with Crippen molar-refractivity contribution in [2.45, 2.75) is 11.8 Å². The molecule has 0 aliphatic rings. The third kappa shape index (κ3) is 5.60. The van der Waals surface area contributed by atoms with E-state index in [0.717, 1.165) is 10.5 Å². The number of likely N-dealkylation sites (N-methyl/N-ethyl adjacent to an activating group) is 1. The Bertz CT molecular complexity index is 791. The van der Waals surface area contributed by atoms with Crippen molar-refractivity contribution in [3.05, 3.63) is 71.5 Å². The molecule has 26 heavy (non-hydrogen) atoms. The predicted octanol–water partition coefficient (Wildman–Crippen LogP) is 2.80. The number of nitrogens with zero attached hydrogens (tertiary/aromatic N) is 2. The van der Waals surface area contributed by atoms with Crippen LogP contribution in [0.3, 0.4) is 0 Å². The number of nitriles is 1. The van der Waals surface area contributed by atoms with E-state index in [0.29, 0.717) is 11.5 Å². The monoisotopic (exact) mass is 371 g/mol. The molecule has 1 N–H and O–H groups in total. The maximum Gasteiger partial charge on any atom is 0.258 e. The van der Waals surface area contributed by atoms with Crippen molar-refractivity contribution in [3.63, 3.8) is 0 Å². The average Bonchev–Trinajstić information content (AvgIpc) is 2.67. The van der Waals surface area contributed by atoms with E-state index in [4.69, 9.17) is 5.26 Å². The zero-order chi connectivity index (χ0) is 18.9. The maximum absolute atomic E-state index is 13.0. The lowest BCUT2D eigenvalue weighted by molar-refractivity contribution is -0.128. The smallest absolute Gasteiger partial charge is 0.258 e. The number of hydrogen-bond donors (Lipinski definition) is 1. The minimum absolute atomic E-state index is 0.247. The average molecular weight is 371 g/mol. The molecule has 7 heteroatoms. The molecule has 0 bridgehead atoms. The number of thioether (sulfide) groups is 1. The minimum Gasteiger partial charge on any atom is -0.339 e. The van der Waals surface area contributed by atoms with Crippen LogP contribution in [-0.2, 0) is 10.5 Å². The highest BCUT2D eigenvalue weighted by molar-refractivity contribution is 7.98. The summed E-state index contributed by atoms with van der Waals surface area (Å²) in [6, 6.07) is 13.9. The van der Waals surface area contributed by atoms with E-state index in [1.807, 2.05) is 30.3 Å². The summed E-state index contributed by atoms with van der Waals surface area (Å²) in [5.41, 5.74) is 1.35. The van der Waals surface area contributed by atoms with Gasteiger partial charge in [0.05, 0.1) is 0 Å². The molecular weight excluding hydrogens is 353 g/mol. The molecular formula is C19H18FN3O2S. The van der Waals surface area contributed by atoms with Crippen molar-refractivity contribution >= 4 is 23.6 Å². The summed E-state index contributed by atoms with van der Waals surface area (Å²) < 4.78 is 13.0. The van der Waals surface area contributed by atoms with Crippen molar-refractivity contribution in [1.82, 2.24) is 10.2 Å². The standard InChI is InChI=1S/C19H18FN3O2S/c1-23(13-21)19(25)17(12-26-11-14-5-3-2-4-6-14)22-18(24)15-7-9-16(20)10-8-15/h2-10,17H,11-12H2,1H3,(H,22,24)/t17-/m0/s1. The second-order valence-electron chi connectivity index (χ2n) is 5.53. The molecule has 2 aromatic carbocycles. The van der Waals surface area contributed by atoms with Crippen LogP contribution in [0.5, 0.6) is 0 Å². The lowest BCUT2D eigenvalue weighted by Crippen LogP contribution is -2.47. The number of carbonyl (C=O) groups excluding carboxylic acids is 2. The van der Waals surface area contributed by atoms with Crippen LogP contribution in [0.4, 0.5) is 4.39 Å². The normalized spacial score (nSPS) is 11.3. The van der Waals surface area contributed by atoms with Gasteiger partial charge in [-0.25, -0.2) is 4.39 Å². The molecule has 2 aromatic rings. The number of rotatable bonds is 7. The fourth-order valence-corrected chi connectivity index (χ4v) is 3.18. The molecule has 5 nitrogen and oxygen atoms in total. The van der Waals surface area contributed by atoms with Crippen LogP contribution in [0.1, 0.15) is 15.9 Å². The molecule has 0 aromatic heterocycles. The number of nitrogens with one attached hydrogen (secondary N) is 1. The van der Waals surface area contributed by atoms with Crippen molar-refractivity contribution in [1.29, 1.82) is 5.26 Å². The van der Waals surface area contributed by atoms with Crippen LogP contribution in [0.15, 0.2) is 54.6 Å². The van der Waals surface area contributed by atoms with Gasteiger partial charge in [-0.1, -0.05) is 30.3 Å². The Morgan fingerprint density at radius 3 is 2.46 bits per heavy atom. The zero-order valence-electron chi connectivity index (χ0n) is 14.2. The molecule has 2 amide bonds. The second-order valence-corrected chi connectivity index (χ2v) is 6.56. The van der Waals surface area contributed by atoms with Crippen molar-refractivity contribution < 1.29 is 14.0 Å². The molecule has 134 valence electrons. The van der Waals surface area contributed by atoms with Gasteiger partial charge in [0.15, 0.2) is 6.19 Å². The lowest BCUT2D eigenvalue weighted by Gasteiger charge is -2.20.